The molecule has 0 atom stereocenters. The maximum absolute atomic E-state index is 6.35. The Hall–Kier alpha value is -9.14. The van der Waals surface area contributed by atoms with Gasteiger partial charge in [0.1, 0.15) is 0 Å². The van der Waals surface area contributed by atoms with Crippen molar-refractivity contribution in [3.05, 3.63) is 287 Å². The van der Waals surface area contributed by atoms with Crippen LogP contribution in [0.2, 0.25) is 0 Å². The number of hydrogen-bond acceptors (Lipinski definition) is 6. The van der Waals surface area contributed by atoms with Crippen molar-refractivity contribution in [3.8, 4) is 66.8 Å². The minimum Gasteiger partial charge on any atom is -0.380 e. The molecule has 0 aromatic heterocycles. The second-order valence-corrected chi connectivity index (χ2v) is 39.2. The molecule has 0 radical (unpaired) electrons. The fourth-order valence-corrected chi connectivity index (χ4v) is 21.4. The van der Waals surface area contributed by atoms with E-state index in [0.717, 1.165) is 99.4 Å². The third kappa shape index (κ3) is 22.4. The first kappa shape index (κ1) is 93.5. The Kier molecular flexibility index (Phi) is 33.7. The molecule has 11 aromatic carbocycles. The third-order valence-electron chi connectivity index (χ3n) is 29.9. The first-order valence-electron chi connectivity index (χ1n) is 51.2. The van der Waals surface area contributed by atoms with Crippen molar-refractivity contribution in [2.75, 3.05) is 49.4 Å². The van der Waals surface area contributed by atoms with E-state index in [-0.39, 0.29) is 21.7 Å². The molecular formula is C122H152N2O4. The van der Waals surface area contributed by atoms with E-state index in [9.17, 15) is 0 Å². The molecule has 15 rings (SSSR count). The molecular weight excluding hydrogens is 1560 g/mol. The highest BCUT2D eigenvalue weighted by Crippen LogP contribution is 2.59. The highest BCUT2D eigenvalue weighted by molar-refractivity contribution is 5.90. The van der Waals surface area contributed by atoms with Crippen LogP contribution in [0.4, 0.5) is 34.1 Å². The summed E-state index contributed by atoms with van der Waals surface area (Å²) in [5, 5.41) is 0. The topological polar surface area (TPSA) is 43.4 Å². The van der Waals surface area contributed by atoms with Gasteiger partial charge in [0.25, 0.3) is 0 Å². The minimum absolute atomic E-state index is 0.0861. The van der Waals surface area contributed by atoms with Crippen molar-refractivity contribution in [2.24, 2.45) is 10.8 Å². The van der Waals surface area contributed by atoms with Crippen LogP contribution in [0, 0.1) is 10.8 Å². The molecule has 2 saturated heterocycles. The van der Waals surface area contributed by atoms with Gasteiger partial charge in [-0.2, -0.15) is 0 Å². The zero-order valence-electron chi connectivity index (χ0n) is 79.7. The maximum atomic E-state index is 6.35. The first-order valence-corrected chi connectivity index (χ1v) is 51.2. The number of hydrogen-bond donors (Lipinski definition) is 0. The normalized spacial score (nSPS) is 14.7. The van der Waals surface area contributed by atoms with Gasteiger partial charge in [0.15, 0.2) is 0 Å². The summed E-state index contributed by atoms with van der Waals surface area (Å²) in [5.41, 5.74) is 34.3. The van der Waals surface area contributed by atoms with E-state index in [1.165, 1.54) is 317 Å². The van der Waals surface area contributed by atoms with Crippen molar-refractivity contribution in [2.45, 2.75) is 311 Å². The molecule has 4 aliphatic rings. The SMILES string of the molecule is CCCCCCCCC1(CCCCCCCC)c2cc(-c3ccc(COCC4(CC)COC4)cc3)ccc2-c2ccc(-c3ccc(N(c4ccc(CCCC)cc4)c4ccc(N(c5ccc(CCCC)cc5)c5ccc(-c6ccc7c(c6)C(CCCCCCCC)(CCCCCCCC)c6cc(-c8ccc(COCC9(CC)COC9)cc8)ccc6-7)cc5)cc4)cc3)cc21. The van der Waals surface area contributed by atoms with Gasteiger partial charge in [0.2, 0.25) is 0 Å². The average molecular weight is 1710 g/mol. The molecule has 0 N–H and O–H groups in total. The summed E-state index contributed by atoms with van der Waals surface area (Å²) < 4.78 is 23.9. The monoisotopic (exact) mass is 1710 g/mol. The summed E-state index contributed by atoms with van der Waals surface area (Å²) in [7, 11) is 0. The highest BCUT2D eigenvalue weighted by atomic mass is 16.5. The predicted octanol–water partition coefficient (Wildman–Crippen LogP) is 35.4. The fourth-order valence-electron chi connectivity index (χ4n) is 21.4. The summed E-state index contributed by atoms with van der Waals surface area (Å²) in [6.07, 6.45) is 44.6. The molecule has 2 aliphatic heterocycles. The molecule has 0 saturated carbocycles. The Morgan fingerprint density at radius 3 is 0.695 bits per heavy atom. The molecule has 11 aromatic rings. The van der Waals surface area contributed by atoms with E-state index in [0.29, 0.717) is 13.2 Å². The number of benzene rings is 11. The van der Waals surface area contributed by atoms with Gasteiger partial charge in [-0.25, -0.2) is 0 Å². The minimum atomic E-state index is -0.0861. The molecule has 2 fully saturated rings. The molecule has 2 aliphatic carbocycles. The van der Waals surface area contributed by atoms with Crippen LogP contribution in [0.1, 0.15) is 318 Å². The Morgan fingerprint density at radius 1 is 0.234 bits per heavy atom. The molecule has 0 spiro atoms. The summed E-state index contributed by atoms with van der Waals surface area (Å²) in [5.74, 6) is 0. The molecule has 0 bridgehead atoms. The van der Waals surface area contributed by atoms with E-state index in [2.05, 4.69) is 308 Å². The lowest BCUT2D eigenvalue weighted by atomic mass is 9.70. The lowest BCUT2D eigenvalue weighted by Crippen LogP contribution is -2.45. The van der Waals surface area contributed by atoms with E-state index in [1.54, 1.807) is 0 Å². The third-order valence-corrected chi connectivity index (χ3v) is 29.9. The molecule has 0 amide bonds. The standard InChI is InChI=1S/C122H152N2O4/c1-9-17-23-27-31-35-77-121(78-36-32-28-24-18-10-2)115-81-101(97-49-41-95(42-50-97)85-125-87-119(15-7)89-127-90-119)57-73-111(115)113-75-59-103(83-117(113)121)99-53-65-107(66-54-99)123(105-61-45-93(46-62-105)39-21-13-5)109-69-71-110(72-70-109)124(106-63-47-94(48-64-106)40-22-14-6)108-67-55-100(56-68-108)104-60-76-114-112-74-58-102(98-51-43-96(44-52-98)86-126-88-120(16-8)91-128-92-120)82-116(112)122(118(114)84-104,79-37-33-29-25-19-11-3)80-38-34-30-26-20-12-4/h41-76,81-84H,9-40,77-80,85-92H2,1-8H3. The van der Waals surface area contributed by atoms with Crippen molar-refractivity contribution in [1.82, 2.24) is 0 Å². The van der Waals surface area contributed by atoms with Gasteiger partial charge in [-0.1, -0.05) is 368 Å². The predicted molar refractivity (Wildman–Crippen MR) is 546 cm³/mol. The van der Waals surface area contributed by atoms with Gasteiger partial charge in [0.05, 0.1) is 52.9 Å². The lowest BCUT2D eigenvalue weighted by molar-refractivity contribution is -0.152. The Balaban J connectivity index is 0.740. The van der Waals surface area contributed by atoms with Gasteiger partial charge < -0.3 is 28.7 Å². The summed E-state index contributed by atoms with van der Waals surface area (Å²) >= 11 is 0. The number of ether oxygens (including phenoxy) is 4. The zero-order valence-corrected chi connectivity index (χ0v) is 79.7. The summed E-state index contributed by atoms with van der Waals surface area (Å²) in [6, 6.07) is 96.0. The number of anilines is 6. The van der Waals surface area contributed by atoms with E-state index in [1.807, 2.05) is 0 Å². The van der Waals surface area contributed by atoms with Gasteiger partial charge in [-0.15, -0.1) is 0 Å². The van der Waals surface area contributed by atoms with Crippen LogP contribution >= 0.6 is 0 Å². The van der Waals surface area contributed by atoms with Crippen LogP contribution < -0.4 is 9.80 Å². The Labute approximate surface area is 772 Å². The van der Waals surface area contributed by atoms with Gasteiger partial charge in [-0.05, 0) is 273 Å². The van der Waals surface area contributed by atoms with Crippen LogP contribution in [0.3, 0.4) is 0 Å². The molecule has 128 heavy (non-hydrogen) atoms. The highest BCUT2D eigenvalue weighted by Gasteiger charge is 2.45. The fraction of sp³-hybridized carbons (Fsp3) is 0.459. The molecule has 674 valence electrons. The molecule has 2 heterocycles. The second kappa shape index (κ2) is 46.1. The van der Waals surface area contributed by atoms with Crippen molar-refractivity contribution in [3.63, 3.8) is 0 Å². The summed E-state index contributed by atoms with van der Waals surface area (Å²) in [4.78, 5) is 4.95. The van der Waals surface area contributed by atoms with Crippen LogP contribution in [-0.2, 0) is 55.8 Å². The lowest BCUT2D eigenvalue weighted by Gasteiger charge is -2.40. The zero-order chi connectivity index (χ0) is 88.4. The Bertz CT molecular complexity index is 4850. The molecule has 6 heteroatoms. The van der Waals surface area contributed by atoms with Crippen LogP contribution in [0.5, 0.6) is 0 Å². The van der Waals surface area contributed by atoms with Gasteiger partial charge >= 0.3 is 0 Å². The maximum Gasteiger partial charge on any atom is 0.0717 e. The first-order chi connectivity index (χ1) is 63.0. The number of rotatable bonds is 54. The molecule has 6 nitrogen and oxygen atoms in total. The number of nitrogens with zero attached hydrogens (tertiary/aromatic N) is 2. The number of fused-ring (bicyclic) bond motifs is 6. The average Bonchev–Trinajstić information content (AvgIpc) is 1.56. The van der Waals surface area contributed by atoms with Crippen molar-refractivity contribution in [1.29, 1.82) is 0 Å². The quantitative estimate of drug-likeness (QED) is 0.0354. The van der Waals surface area contributed by atoms with Gasteiger partial charge in [0, 0.05) is 55.8 Å². The summed E-state index contributed by atoms with van der Waals surface area (Å²) in [6.45, 7) is 24.5. The number of unbranched alkanes of at least 4 members (excludes halogenated alkanes) is 22. The second-order valence-electron chi connectivity index (χ2n) is 39.2. The van der Waals surface area contributed by atoms with Gasteiger partial charge in [-0.3, -0.25) is 0 Å². The van der Waals surface area contributed by atoms with Crippen LogP contribution in [-0.4, -0.2) is 39.6 Å². The molecule has 0 unspecified atom stereocenters. The smallest absolute Gasteiger partial charge is 0.0717 e. The Morgan fingerprint density at radius 2 is 0.453 bits per heavy atom. The van der Waals surface area contributed by atoms with E-state index in [4.69, 9.17) is 18.9 Å². The van der Waals surface area contributed by atoms with Crippen molar-refractivity contribution >= 4 is 34.1 Å². The van der Waals surface area contributed by atoms with Crippen molar-refractivity contribution < 1.29 is 18.9 Å². The largest absolute Gasteiger partial charge is 0.380 e. The van der Waals surface area contributed by atoms with Crippen LogP contribution in [0.15, 0.2) is 243 Å². The number of aryl methyl sites for hydroxylation is 2. The van der Waals surface area contributed by atoms with E-state index < -0.39 is 0 Å². The van der Waals surface area contributed by atoms with E-state index >= 15 is 0 Å². The van der Waals surface area contributed by atoms with Crippen LogP contribution in [0.25, 0.3) is 66.8 Å².